The molecule has 0 aromatic heterocycles. The first-order chi connectivity index (χ1) is 15.6. The van der Waals surface area contributed by atoms with Crippen LogP contribution in [0.15, 0.2) is 53.4 Å². The Morgan fingerprint density at radius 1 is 1.09 bits per heavy atom. The number of hydrogen-bond acceptors (Lipinski definition) is 7. The number of benzene rings is 2. The predicted molar refractivity (Wildman–Crippen MR) is 120 cm³/mol. The fourth-order valence-corrected chi connectivity index (χ4v) is 4.14. The van der Waals surface area contributed by atoms with E-state index in [1.807, 2.05) is 11.4 Å². The van der Waals surface area contributed by atoms with E-state index in [1.54, 1.807) is 31.2 Å². The van der Waals surface area contributed by atoms with Gasteiger partial charge < -0.3 is 14.8 Å². The van der Waals surface area contributed by atoms with Crippen LogP contribution in [0, 0.1) is 0 Å². The Morgan fingerprint density at radius 3 is 2.36 bits per heavy atom. The maximum Gasteiger partial charge on any atom is 0.338 e. The van der Waals surface area contributed by atoms with Gasteiger partial charge in [0.1, 0.15) is 10.6 Å². The molecule has 0 heterocycles. The SMILES string of the molecule is CCNC(=O)NC(=O)[C@@H](C)OC(=O)c1ccc(OC)c(S(=O)(=O)N(C)Cc2ccccc2)c1. The summed E-state index contributed by atoms with van der Waals surface area (Å²) in [6, 6.07) is 12.1. The number of nitrogens with zero attached hydrogens (tertiary/aromatic N) is 1. The van der Waals surface area contributed by atoms with Gasteiger partial charge in [-0.3, -0.25) is 10.1 Å². The third-order valence-electron chi connectivity index (χ3n) is 4.56. The molecule has 1 atom stereocenters. The minimum Gasteiger partial charge on any atom is -0.495 e. The quantitative estimate of drug-likeness (QED) is 0.528. The number of esters is 1. The highest BCUT2D eigenvalue weighted by Crippen LogP contribution is 2.28. The average Bonchev–Trinajstić information content (AvgIpc) is 2.79. The molecule has 178 valence electrons. The predicted octanol–water partition coefficient (Wildman–Crippen LogP) is 1.91. The van der Waals surface area contributed by atoms with Crippen molar-refractivity contribution in [3.05, 3.63) is 59.7 Å². The van der Waals surface area contributed by atoms with Gasteiger partial charge in [0.2, 0.25) is 10.0 Å². The fourth-order valence-electron chi connectivity index (χ4n) is 2.80. The topological polar surface area (TPSA) is 131 Å². The number of sulfonamides is 1. The van der Waals surface area contributed by atoms with Gasteiger partial charge in [0, 0.05) is 20.1 Å². The van der Waals surface area contributed by atoms with Crippen molar-refractivity contribution in [2.75, 3.05) is 20.7 Å². The van der Waals surface area contributed by atoms with Crippen molar-refractivity contribution in [3.63, 3.8) is 0 Å². The van der Waals surface area contributed by atoms with Crippen LogP contribution in [0.4, 0.5) is 4.79 Å². The summed E-state index contributed by atoms with van der Waals surface area (Å²) in [5, 5.41) is 4.42. The third kappa shape index (κ3) is 6.77. The third-order valence-corrected chi connectivity index (χ3v) is 6.39. The second-order valence-electron chi connectivity index (χ2n) is 7.01. The first-order valence-electron chi connectivity index (χ1n) is 10.1. The maximum absolute atomic E-state index is 13.2. The molecule has 2 aromatic carbocycles. The van der Waals surface area contributed by atoms with Crippen LogP contribution in [0.1, 0.15) is 29.8 Å². The number of hydrogen-bond donors (Lipinski definition) is 2. The van der Waals surface area contributed by atoms with Gasteiger partial charge >= 0.3 is 12.0 Å². The molecule has 2 rings (SSSR count). The van der Waals surface area contributed by atoms with Crippen LogP contribution in [-0.2, 0) is 26.1 Å². The molecule has 2 N–H and O–H groups in total. The number of nitrogens with one attached hydrogen (secondary N) is 2. The average molecular weight is 478 g/mol. The molecule has 0 spiro atoms. The smallest absolute Gasteiger partial charge is 0.338 e. The number of rotatable bonds is 9. The molecule has 0 radical (unpaired) electrons. The molecule has 0 aliphatic rings. The van der Waals surface area contributed by atoms with Crippen molar-refractivity contribution in [2.24, 2.45) is 0 Å². The molecule has 0 saturated carbocycles. The van der Waals surface area contributed by atoms with E-state index in [0.29, 0.717) is 6.54 Å². The zero-order valence-corrected chi connectivity index (χ0v) is 19.6. The molecule has 0 unspecified atom stereocenters. The van der Waals surface area contributed by atoms with E-state index in [4.69, 9.17) is 9.47 Å². The molecule has 0 bridgehead atoms. The standard InChI is InChI=1S/C22H27N3O7S/c1-5-23-22(28)24-20(26)15(2)32-21(27)17-11-12-18(31-4)19(13-17)33(29,30)25(3)14-16-9-7-6-8-10-16/h6-13,15H,5,14H2,1-4H3,(H2,23,24,26,28)/t15-/m1/s1. The molecule has 11 heteroatoms. The van der Waals surface area contributed by atoms with Crippen LogP contribution in [0.2, 0.25) is 0 Å². The number of methoxy groups -OCH3 is 1. The van der Waals surface area contributed by atoms with Crippen LogP contribution in [0.5, 0.6) is 5.75 Å². The summed E-state index contributed by atoms with van der Waals surface area (Å²) in [7, 11) is -1.30. The normalized spacial score (nSPS) is 12.0. The van der Waals surface area contributed by atoms with Gasteiger partial charge in [-0.1, -0.05) is 30.3 Å². The molecule has 3 amide bonds. The van der Waals surface area contributed by atoms with Crippen molar-refractivity contribution in [2.45, 2.75) is 31.4 Å². The highest BCUT2D eigenvalue weighted by atomic mass is 32.2. The second kappa shape index (κ2) is 11.4. The Morgan fingerprint density at radius 2 is 1.76 bits per heavy atom. The molecular weight excluding hydrogens is 450 g/mol. The van der Waals surface area contributed by atoms with Crippen LogP contribution in [0.25, 0.3) is 0 Å². The summed E-state index contributed by atoms with van der Waals surface area (Å²) in [5.74, 6) is -1.70. The first kappa shape index (κ1) is 25.8. The van der Waals surface area contributed by atoms with E-state index in [-0.39, 0.29) is 22.8 Å². The lowest BCUT2D eigenvalue weighted by Gasteiger charge is -2.20. The molecule has 0 aliphatic heterocycles. The highest BCUT2D eigenvalue weighted by Gasteiger charge is 2.28. The number of amides is 3. The lowest BCUT2D eigenvalue weighted by Crippen LogP contribution is -2.44. The number of ether oxygens (including phenoxy) is 2. The number of imide groups is 1. The van der Waals surface area contributed by atoms with Gasteiger partial charge in [0.15, 0.2) is 6.10 Å². The molecule has 2 aromatic rings. The van der Waals surface area contributed by atoms with E-state index in [9.17, 15) is 22.8 Å². The Bertz CT molecular complexity index is 1100. The van der Waals surface area contributed by atoms with Crippen LogP contribution in [-0.4, -0.2) is 57.4 Å². The van der Waals surface area contributed by atoms with Crippen molar-refractivity contribution >= 4 is 27.9 Å². The van der Waals surface area contributed by atoms with E-state index in [0.717, 1.165) is 15.9 Å². The summed E-state index contributed by atoms with van der Waals surface area (Å²) in [4.78, 5) is 35.8. The maximum atomic E-state index is 13.2. The van der Waals surface area contributed by atoms with Gasteiger partial charge in [-0.05, 0) is 37.6 Å². The molecule has 33 heavy (non-hydrogen) atoms. The monoisotopic (exact) mass is 477 g/mol. The van der Waals surface area contributed by atoms with E-state index in [1.165, 1.54) is 33.2 Å². The lowest BCUT2D eigenvalue weighted by atomic mass is 10.2. The van der Waals surface area contributed by atoms with Crippen molar-refractivity contribution < 1.29 is 32.3 Å². The van der Waals surface area contributed by atoms with Gasteiger partial charge in [-0.25, -0.2) is 18.0 Å². The van der Waals surface area contributed by atoms with Crippen LogP contribution < -0.4 is 15.4 Å². The summed E-state index contributed by atoms with van der Waals surface area (Å²) in [5.41, 5.74) is 0.685. The minimum atomic E-state index is -4.03. The summed E-state index contributed by atoms with van der Waals surface area (Å²) < 4.78 is 37.8. The van der Waals surface area contributed by atoms with Crippen LogP contribution >= 0.6 is 0 Å². The molecule has 10 nitrogen and oxygen atoms in total. The van der Waals surface area contributed by atoms with Crippen LogP contribution in [0.3, 0.4) is 0 Å². The van der Waals surface area contributed by atoms with E-state index < -0.39 is 34.0 Å². The summed E-state index contributed by atoms with van der Waals surface area (Å²) >= 11 is 0. The van der Waals surface area contributed by atoms with Gasteiger partial charge in [-0.15, -0.1) is 0 Å². The molecular formula is C22H27N3O7S. The molecule has 0 fully saturated rings. The molecule has 0 saturated heterocycles. The van der Waals surface area contributed by atoms with Crippen molar-refractivity contribution in [1.29, 1.82) is 0 Å². The van der Waals surface area contributed by atoms with Crippen molar-refractivity contribution in [3.8, 4) is 5.75 Å². The Kier molecular flexibility index (Phi) is 8.94. The Balaban J connectivity index is 2.23. The van der Waals surface area contributed by atoms with E-state index in [2.05, 4.69) is 5.32 Å². The van der Waals surface area contributed by atoms with Gasteiger partial charge in [0.25, 0.3) is 5.91 Å². The minimum absolute atomic E-state index is 0.0495. The Hall–Kier alpha value is -3.44. The van der Waals surface area contributed by atoms with Gasteiger partial charge in [0.05, 0.1) is 12.7 Å². The zero-order chi connectivity index (χ0) is 24.6. The Labute approximate surface area is 192 Å². The fraction of sp³-hybridized carbons (Fsp3) is 0.318. The van der Waals surface area contributed by atoms with Crippen molar-refractivity contribution in [1.82, 2.24) is 14.9 Å². The zero-order valence-electron chi connectivity index (χ0n) is 18.8. The van der Waals surface area contributed by atoms with E-state index >= 15 is 0 Å². The molecule has 0 aliphatic carbocycles. The second-order valence-corrected chi connectivity index (χ2v) is 9.02. The largest absolute Gasteiger partial charge is 0.495 e. The lowest BCUT2D eigenvalue weighted by molar-refractivity contribution is -0.127. The summed E-state index contributed by atoms with van der Waals surface area (Å²) in [6.45, 7) is 3.40. The number of urea groups is 1. The summed E-state index contributed by atoms with van der Waals surface area (Å²) in [6.07, 6.45) is -1.29. The number of carbonyl (C=O) groups excluding carboxylic acids is 3. The number of carbonyl (C=O) groups is 3. The van der Waals surface area contributed by atoms with Gasteiger partial charge in [-0.2, -0.15) is 4.31 Å². The highest BCUT2D eigenvalue weighted by molar-refractivity contribution is 7.89. The first-order valence-corrected chi connectivity index (χ1v) is 11.5.